The summed E-state index contributed by atoms with van der Waals surface area (Å²) in [5, 5.41) is 11.8. The Morgan fingerprint density at radius 3 is 2.25 bits per heavy atom. The highest BCUT2D eigenvalue weighted by atomic mass is 16.5. The second-order valence-electron chi connectivity index (χ2n) is 4.95. The molecule has 0 radical (unpaired) electrons. The molecule has 24 heavy (non-hydrogen) atoms. The lowest BCUT2D eigenvalue weighted by molar-refractivity contribution is 0.0599. The number of furan rings is 1. The minimum absolute atomic E-state index is 0.0389. The van der Waals surface area contributed by atoms with E-state index >= 15 is 0 Å². The number of methoxy groups -OCH3 is 2. The molecule has 0 saturated heterocycles. The summed E-state index contributed by atoms with van der Waals surface area (Å²) in [6.07, 6.45) is 0. The monoisotopic (exact) mass is 333 g/mol. The number of carbonyl (C=O) groups excluding carboxylic acids is 2. The Morgan fingerprint density at radius 2 is 1.71 bits per heavy atom. The van der Waals surface area contributed by atoms with Crippen LogP contribution in [0.4, 0.5) is 0 Å². The zero-order valence-corrected chi connectivity index (χ0v) is 13.5. The van der Waals surface area contributed by atoms with Crippen LogP contribution in [-0.2, 0) is 16.0 Å². The quantitative estimate of drug-likeness (QED) is 0.586. The molecule has 0 saturated carbocycles. The summed E-state index contributed by atoms with van der Waals surface area (Å²) in [5.41, 5.74) is 1.02. The smallest absolute Gasteiger partial charge is 0.337 e. The van der Waals surface area contributed by atoms with Gasteiger partial charge in [0.1, 0.15) is 11.5 Å². The zero-order valence-electron chi connectivity index (χ0n) is 13.5. The molecule has 0 aliphatic heterocycles. The first-order valence-corrected chi connectivity index (χ1v) is 7.31. The van der Waals surface area contributed by atoms with Gasteiger partial charge in [-0.15, -0.1) is 0 Å². The fraction of sp³-hybridized carbons (Fsp3) is 0.294. The largest absolute Gasteiger partial charge is 0.465 e. The van der Waals surface area contributed by atoms with Gasteiger partial charge < -0.3 is 24.3 Å². The van der Waals surface area contributed by atoms with Crippen LogP contribution in [0.1, 0.15) is 26.5 Å². The van der Waals surface area contributed by atoms with E-state index in [9.17, 15) is 9.59 Å². The summed E-state index contributed by atoms with van der Waals surface area (Å²) in [7, 11) is 2.54. The van der Waals surface area contributed by atoms with E-state index in [1.807, 2.05) is 0 Å². The molecule has 2 aromatic rings. The van der Waals surface area contributed by atoms with Gasteiger partial charge in [0.2, 0.25) is 0 Å². The molecule has 2 rings (SSSR count). The third-order valence-corrected chi connectivity index (χ3v) is 3.31. The number of ether oxygens (including phenoxy) is 2. The molecule has 7 nitrogen and oxygen atoms in total. The van der Waals surface area contributed by atoms with Gasteiger partial charge in [-0.3, -0.25) is 0 Å². The summed E-state index contributed by atoms with van der Waals surface area (Å²) in [6.45, 7) is 0.957. The van der Waals surface area contributed by atoms with Crippen LogP contribution in [0.2, 0.25) is 0 Å². The Bertz CT molecular complexity index is 687. The molecule has 1 aromatic carbocycles. The molecule has 0 bridgehead atoms. The fourth-order valence-corrected chi connectivity index (χ4v) is 2.16. The summed E-state index contributed by atoms with van der Waals surface area (Å²) in [5.74, 6) is 0.0602. The molecule has 128 valence electrons. The number of hydrogen-bond donors (Lipinski definition) is 2. The van der Waals surface area contributed by atoms with Gasteiger partial charge in [0, 0.05) is 12.1 Å². The van der Waals surface area contributed by atoms with Crippen molar-refractivity contribution in [2.45, 2.75) is 6.54 Å². The molecule has 1 heterocycles. The Balaban J connectivity index is 2.34. The summed E-state index contributed by atoms with van der Waals surface area (Å²) in [6, 6.07) is 8.10. The van der Waals surface area contributed by atoms with Gasteiger partial charge in [0.15, 0.2) is 0 Å². The SMILES string of the molecule is COC(=O)c1cc(C(=O)OC)cc(-c2ccc(CNCCO)o2)c1. The van der Waals surface area contributed by atoms with E-state index < -0.39 is 11.9 Å². The Hall–Kier alpha value is -2.64. The Labute approximate surface area is 139 Å². The minimum Gasteiger partial charge on any atom is -0.465 e. The Morgan fingerprint density at radius 1 is 1.08 bits per heavy atom. The average Bonchev–Trinajstić information content (AvgIpc) is 3.09. The maximum Gasteiger partial charge on any atom is 0.337 e. The maximum absolute atomic E-state index is 11.8. The van der Waals surface area contributed by atoms with Crippen LogP contribution in [0, 0.1) is 0 Å². The minimum atomic E-state index is -0.557. The number of nitrogens with one attached hydrogen (secondary N) is 1. The van der Waals surface area contributed by atoms with E-state index in [1.54, 1.807) is 24.3 Å². The molecule has 0 spiro atoms. The second kappa shape index (κ2) is 8.28. The Kier molecular flexibility index (Phi) is 6.11. The summed E-state index contributed by atoms with van der Waals surface area (Å²) < 4.78 is 15.1. The predicted octanol–water partition coefficient (Wildman–Crippen LogP) is 1.60. The van der Waals surface area contributed by atoms with Crippen molar-refractivity contribution in [2.24, 2.45) is 0 Å². The lowest BCUT2D eigenvalue weighted by atomic mass is 10.0. The van der Waals surface area contributed by atoms with Crippen LogP contribution < -0.4 is 5.32 Å². The van der Waals surface area contributed by atoms with Crippen molar-refractivity contribution in [3.63, 3.8) is 0 Å². The molecular formula is C17H19NO6. The lowest BCUT2D eigenvalue weighted by Crippen LogP contribution is -2.16. The van der Waals surface area contributed by atoms with Crippen molar-refractivity contribution >= 4 is 11.9 Å². The number of carbonyl (C=O) groups is 2. The first-order chi connectivity index (χ1) is 11.6. The fourth-order valence-electron chi connectivity index (χ4n) is 2.16. The van der Waals surface area contributed by atoms with E-state index in [-0.39, 0.29) is 17.7 Å². The van der Waals surface area contributed by atoms with Gasteiger partial charge >= 0.3 is 11.9 Å². The molecule has 0 aliphatic rings. The molecule has 0 fully saturated rings. The number of benzene rings is 1. The van der Waals surface area contributed by atoms with Gasteiger partial charge in [-0.2, -0.15) is 0 Å². The number of esters is 2. The van der Waals surface area contributed by atoms with E-state index in [1.165, 1.54) is 20.3 Å². The second-order valence-corrected chi connectivity index (χ2v) is 4.95. The summed E-state index contributed by atoms with van der Waals surface area (Å²) in [4.78, 5) is 23.6. The zero-order chi connectivity index (χ0) is 17.5. The molecule has 7 heteroatoms. The van der Waals surface area contributed by atoms with Crippen molar-refractivity contribution in [3.8, 4) is 11.3 Å². The van der Waals surface area contributed by atoms with Crippen molar-refractivity contribution in [1.82, 2.24) is 5.32 Å². The van der Waals surface area contributed by atoms with Gasteiger partial charge in [-0.1, -0.05) is 0 Å². The highest BCUT2D eigenvalue weighted by Gasteiger charge is 2.16. The van der Waals surface area contributed by atoms with Crippen LogP contribution >= 0.6 is 0 Å². The third kappa shape index (κ3) is 4.21. The van der Waals surface area contributed by atoms with Gasteiger partial charge in [0.25, 0.3) is 0 Å². The summed E-state index contributed by atoms with van der Waals surface area (Å²) >= 11 is 0. The van der Waals surface area contributed by atoms with Crippen LogP contribution in [0.5, 0.6) is 0 Å². The highest BCUT2D eigenvalue weighted by Crippen LogP contribution is 2.25. The van der Waals surface area contributed by atoms with Crippen LogP contribution in [0.15, 0.2) is 34.7 Å². The molecule has 0 unspecified atom stereocenters. The third-order valence-electron chi connectivity index (χ3n) is 3.31. The molecule has 0 aliphatic carbocycles. The van der Waals surface area contributed by atoms with Gasteiger partial charge in [-0.25, -0.2) is 9.59 Å². The normalized spacial score (nSPS) is 10.5. The van der Waals surface area contributed by atoms with Crippen molar-refractivity contribution in [3.05, 3.63) is 47.2 Å². The lowest BCUT2D eigenvalue weighted by Gasteiger charge is -2.06. The topological polar surface area (TPSA) is 98.0 Å². The first-order valence-electron chi connectivity index (χ1n) is 7.31. The number of aliphatic hydroxyl groups is 1. The molecule has 0 atom stereocenters. The van der Waals surface area contributed by atoms with Crippen LogP contribution in [-0.4, -0.2) is 44.4 Å². The number of aliphatic hydroxyl groups excluding tert-OH is 1. The molecular weight excluding hydrogens is 314 g/mol. The van der Waals surface area contributed by atoms with Gasteiger partial charge in [-0.05, 0) is 30.3 Å². The average molecular weight is 333 g/mol. The van der Waals surface area contributed by atoms with Crippen molar-refractivity contribution in [1.29, 1.82) is 0 Å². The number of hydrogen-bond acceptors (Lipinski definition) is 7. The van der Waals surface area contributed by atoms with E-state index in [0.717, 1.165) is 0 Å². The van der Waals surface area contributed by atoms with Crippen LogP contribution in [0.3, 0.4) is 0 Å². The van der Waals surface area contributed by atoms with E-state index in [0.29, 0.717) is 30.2 Å². The van der Waals surface area contributed by atoms with E-state index in [2.05, 4.69) is 5.32 Å². The van der Waals surface area contributed by atoms with Crippen molar-refractivity contribution < 1.29 is 28.6 Å². The standard InChI is InChI=1S/C17H19NO6/c1-22-16(20)12-7-11(8-13(9-12)17(21)23-2)15-4-3-14(24-15)10-18-5-6-19/h3-4,7-9,18-19H,5-6,10H2,1-2H3. The van der Waals surface area contributed by atoms with Crippen molar-refractivity contribution in [2.75, 3.05) is 27.4 Å². The number of rotatable bonds is 7. The molecule has 2 N–H and O–H groups in total. The van der Waals surface area contributed by atoms with E-state index in [4.69, 9.17) is 19.0 Å². The maximum atomic E-state index is 11.8. The van der Waals surface area contributed by atoms with Gasteiger partial charge in [0.05, 0.1) is 38.5 Å². The predicted molar refractivity (Wildman–Crippen MR) is 85.6 cm³/mol. The molecule has 0 amide bonds. The molecule has 1 aromatic heterocycles. The first kappa shape index (κ1) is 17.7. The highest BCUT2D eigenvalue weighted by molar-refractivity contribution is 5.97. The van der Waals surface area contributed by atoms with Crippen LogP contribution in [0.25, 0.3) is 11.3 Å².